The number of benzene rings is 1. The number of nitrogens with zero attached hydrogens (tertiary/aromatic N) is 3. The number of hydrogen-bond donors (Lipinski definition) is 0. The van der Waals surface area contributed by atoms with Gasteiger partial charge in [0.05, 0.1) is 31.7 Å². The van der Waals surface area contributed by atoms with Gasteiger partial charge in [0, 0.05) is 28.9 Å². The highest BCUT2D eigenvalue weighted by Crippen LogP contribution is 2.34. The van der Waals surface area contributed by atoms with Crippen molar-refractivity contribution in [3.8, 4) is 21.9 Å². The Morgan fingerprint density at radius 1 is 1.06 bits per heavy atom. The van der Waals surface area contributed by atoms with Gasteiger partial charge >= 0.3 is 0 Å². The molecule has 9 heteroatoms. The molecule has 2 aliphatic heterocycles. The Balaban J connectivity index is 1.40. The lowest BCUT2D eigenvalue weighted by atomic mass is 10.2. The van der Waals surface area contributed by atoms with Crippen molar-refractivity contribution in [2.75, 3.05) is 32.9 Å². The molecule has 0 amide bonds. The van der Waals surface area contributed by atoms with E-state index in [1.807, 2.05) is 47.2 Å². The summed E-state index contributed by atoms with van der Waals surface area (Å²) in [6.45, 7) is 4.43. The van der Waals surface area contributed by atoms with Crippen molar-refractivity contribution in [3.05, 3.63) is 63.3 Å². The van der Waals surface area contributed by atoms with Crippen LogP contribution < -0.4 is 15.0 Å². The van der Waals surface area contributed by atoms with Crippen molar-refractivity contribution < 1.29 is 14.2 Å². The second-order valence-electron chi connectivity index (χ2n) is 8.14. The Bertz CT molecular complexity index is 1330. The Morgan fingerprint density at radius 2 is 1.91 bits per heavy atom. The number of rotatable bonds is 5. The van der Waals surface area contributed by atoms with Crippen molar-refractivity contribution >= 4 is 32.9 Å². The summed E-state index contributed by atoms with van der Waals surface area (Å²) in [5.41, 5.74) is 0.940. The number of thiophene rings is 2. The highest BCUT2D eigenvalue weighted by molar-refractivity contribution is 7.18. The van der Waals surface area contributed by atoms with E-state index >= 15 is 0 Å². The van der Waals surface area contributed by atoms with Crippen LogP contribution in [0.15, 0.2) is 52.0 Å². The molecule has 2 aliphatic rings. The topological polar surface area (TPSA) is 65.8 Å². The summed E-state index contributed by atoms with van der Waals surface area (Å²) in [5, 5.41) is 4.76. The number of para-hydroxylation sites is 2. The maximum absolute atomic E-state index is 13.9. The molecular formula is C24H23N3O4S2. The van der Waals surface area contributed by atoms with E-state index in [2.05, 4.69) is 4.90 Å². The van der Waals surface area contributed by atoms with Crippen molar-refractivity contribution in [1.82, 2.24) is 14.5 Å². The molecule has 1 fully saturated rings. The lowest BCUT2D eigenvalue weighted by Crippen LogP contribution is -2.41. The van der Waals surface area contributed by atoms with Crippen LogP contribution in [0.3, 0.4) is 0 Å². The third-order valence-corrected chi connectivity index (χ3v) is 7.76. The fourth-order valence-corrected chi connectivity index (χ4v) is 6.08. The molecular weight excluding hydrogens is 458 g/mol. The van der Waals surface area contributed by atoms with Gasteiger partial charge in [-0.05, 0) is 23.6 Å². The van der Waals surface area contributed by atoms with E-state index in [9.17, 15) is 4.79 Å². The summed E-state index contributed by atoms with van der Waals surface area (Å²) in [4.78, 5) is 23.0. The lowest BCUT2D eigenvalue weighted by Gasteiger charge is -2.29. The Hall–Kier alpha value is -2.72. The van der Waals surface area contributed by atoms with E-state index in [0.717, 1.165) is 39.9 Å². The van der Waals surface area contributed by atoms with E-state index in [0.29, 0.717) is 44.0 Å². The quantitative estimate of drug-likeness (QED) is 0.431. The first-order chi connectivity index (χ1) is 16.3. The standard InChI is InChI=1S/C24H23N3O4S2/c28-24-22-17(20-6-3-11-32-20)15-33-23(22)25-21(13-26-7-9-29-10-8-26)27(24)12-16-14-30-18-4-1-2-5-19(18)31-16/h1-6,11,15-16H,7-10,12-14H2/t16-/m1/s1. The zero-order chi connectivity index (χ0) is 22.2. The second-order valence-corrected chi connectivity index (χ2v) is 9.94. The molecule has 0 spiro atoms. The minimum atomic E-state index is -0.274. The van der Waals surface area contributed by atoms with Crippen LogP contribution in [0.2, 0.25) is 0 Å². The van der Waals surface area contributed by atoms with Gasteiger partial charge in [-0.15, -0.1) is 22.7 Å². The third-order valence-electron chi connectivity index (χ3n) is 5.98. The van der Waals surface area contributed by atoms with Gasteiger partial charge in [0.2, 0.25) is 0 Å². The first-order valence-electron chi connectivity index (χ1n) is 11.0. The maximum Gasteiger partial charge on any atom is 0.263 e. The molecule has 0 N–H and O–H groups in total. The normalized spacial score (nSPS) is 18.6. The first kappa shape index (κ1) is 20.9. The van der Waals surface area contributed by atoms with Gasteiger partial charge in [-0.3, -0.25) is 14.3 Å². The number of hydrogen-bond acceptors (Lipinski definition) is 8. The minimum Gasteiger partial charge on any atom is -0.486 e. The van der Waals surface area contributed by atoms with E-state index in [4.69, 9.17) is 19.2 Å². The number of morpholine rings is 1. The maximum atomic E-state index is 13.9. The fourth-order valence-electron chi connectivity index (χ4n) is 4.30. The highest BCUT2D eigenvalue weighted by Gasteiger charge is 2.26. The van der Waals surface area contributed by atoms with Crippen LogP contribution in [-0.4, -0.2) is 53.5 Å². The summed E-state index contributed by atoms with van der Waals surface area (Å²) in [5.74, 6) is 2.21. The Kier molecular flexibility index (Phi) is 5.63. The summed E-state index contributed by atoms with van der Waals surface area (Å²) >= 11 is 3.17. The molecule has 3 aromatic heterocycles. The average molecular weight is 482 g/mol. The Morgan fingerprint density at radius 3 is 2.73 bits per heavy atom. The lowest BCUT2D eigenvalue weighted by molar-refractivity contribution is 0.0314. The van der Waals surface area contributed by atoms with Gasteiger partial charge in [0.1, 0.15) is 17.3 Å². The first-order valence-corrected chi connectivity index (χ1v) is 12.8. The van der Waals surface area contributed by atoms with E-state index in [1.165, 1.54) is 11.3 Å². The minimum absolute atomic E-state index is 0.0182. The van der Waals surface area contributed by atoms with Crippen LogP contribution in [-0.2, 0) is 17.8 Å². The molecule has 1 saturated heterocycles. The van der Waals surface area contributed by atoms with Crippen LogP contribution in [0.4, 0.5) is 0 Å². The monoisotopic (exact) mass is 481 g/mol. The zero-order valence-corrected chi connectivity index (χ0v) is 19.6. The summed E-state index contributed by atoms with van der Waals surface area (Å²) < 4.78 is 19.4. The molecule has 0 unspecified atom stereocenters. The summed E-state index contributed by atoms with van der Waals surface area (Å²) in [6, 6.07) is 11.7. The molecule has 0 aliphatic carbocycles. The molecule has 0 saturated carbocycles. The van der Waals surface area contributed by atoms with Crippen LogP contribution in [0.25, 0.3) is 20.7 Å². The van der Waals surface area contributed by atoms with E-state index in [1.54, 1.807) is 15.9 Å². The van der Waals surface area contributed by atoms with Crippen LogP contribution >= 0.6 is 22.7 Å². The number of ether oxygens (including phenoxy) is 3. The molecule has 5 heterocycles. The molecule has 1 aromatic carbocycles. The van der Waals surface area contributed by atoms with Gasteiger partial charge in [-0.25, -0.2) is 4.98 Å². The van der Waals surface area contributed by atoms with Crippen LogP contribution in [0.1, 0.15) is 5.82 Å². The van der Waals surface area contributed by atoms with Gasteiger partial charge in [0.15, 0.2) is 17.6 Å². The molecule has 0 bridgehead atoms. The van der Waals surface area contributed by atoms with Crippen molar-refractivity contribution in [3.63, 3.8) is 0 Å². The smallest absolute Gasteiger partial charge is 0.263 e. The molecule has 7 nitrogen and oxygen atoms in total. The summed E-state index contributed by atoms with van der Waals surface area (Å²) in [6.07, 6.45) is -0.274. The van der Waals surface area contributed by atoms with Crippen molar-refractivity contribution in [1.29, 1.82) is 0 Å². The van der Waals surface area contributed by atoms with Crippen molar-refractivity contribution in [2.24, 2.45) is 0 Å². The second kappa shape index (κ2) is 8.90. The van der Waals surface area contributed by atoms with Gasteiger partial charge in [-0.1, -0.05) is 18.2 Å². The summed E-state index contributed by atoms with van der Waals surface area (Å²) in [7, 11) is 0. The highest BCUT2D eigenvalue weighted by atomic mass is 32.1. The Labute approximate surface area is 198 Å². The molecule has 0 radical (unpaired) electrons. The molecule has 4 aromatic rings. The molecule has 33 heavy (non-hydrogen) atoms. The number of aromatic nitrogens is 2. The van der Waals surface area contributed by atoms with Gasteiger partial charge < -0.3 is 14.2 Å². The van der Waals surface area contributed by atoms with E-state index < -0.39 is 0 Å². The zero-order valence-electron chi connectivity index (χ0n) is 17.9. The van der Waals surface area contributed by atoms with Gasteiger partial charge in [0.25, 0.3) is 5.56 Å². The SMILES string of the molecule is O=c1c2c(-c3cccs3)csc2nc(CN2CCOCC2)n1C[C@@H]1COc2ccccc2O1. The van der Waals surface area contributed by atoms with Crippen molar-refractivity contribution in [2.45, 2.75) is 19.2 Å². The number of fused-ring (bicyclic) bond motifs is 2. The largest absolute Gasteiger partial charge is 0.486 e. The predicted molar refractivity (Wildman–Crippen MR) is 130 cm³/mol. The van der Waals surface area contributed by atoms with Crippen LogP contribution in [0.5, 0.6) is 11.5 Å². The third kappa shape index (κ3) is 4.06. The molecule has 1 atom stereocenters. The molecule has 6 rings (SSSR count). The fraction of sp³-hybridized carbons (Fsp3) is 0.333. The van der Waals surface area contributed by atoms with Gasteiger partial charge in [-0.2, -0.15) is 0 Å². The van der Waals surface area contributed by atoms with Crippen LogP contribution in [0, 0.1) is 0 Å². The van der Waals surface area contributed by atoms with E-state index in [-0.39, 0.29) is 11.7 Å². The molecule has 170 valence electrons. The average Bonchev–Trinajstić information content (AvgIpc) is 3.52. The predicted octanol–water partition coefficient (Wildman–Crippen LogP) is 3.86.